The summed E-state index contributed by atoms with van der Waals surface area (Å²) in [6.07, 6.45) is 0. The molecular formula is C15H19BrN2O. The molecule has 0 unspecified atom stereocenters. The van der Waals surface area contributed by atoms with E-state index < -0.39 is 0 Å². The van der Waals surface area contributed by atoms with E-state index in [1.807, 2.05) is 31.3 Å². The predicted octanol–water partition coefficient (Wildman–Crippen LogP) is 3.36. The molecule has 0 aliphatic heterocycles. The molecule has 0 aliphatic carbocycles. The van der Waals surface area contributed by atoms with Crippen molar-refractivity contribution in [3.05, 3.63) is 46.6 Å². The summed E-state index contributed by atoms with van der Waals surface area (Å²) in [5.74, 6) is 1.92. The van der Waals surface area contributed by atoms with Crippen molar-refractivity contribution in [2.24, 2.45) is 0 Å². The van der Waals surface area contributed by atoms with E-state index in [2.05, 4.69) is 45.3 Å². The van der Waals surface area contributed by atoms with Crippen LogP contribution in [0.1, 0.15) is 5.76 Å². The van der Waals surface area contributed by atoms with E-state index >= 15 is 0 Å². The minimum atomic E-state index is 0.832. The summed E-state index contributed by atoms with van der Waals surface area (Å²) >= 11 is 3.44. The van der Waals surface area contributed by atoms with Gasteiger partial charge >= 0.3 is 0 Å². The molecular weight excluding hydrogens is 304 g/mol. The minimum absolute atomic E-state index is 0.832. The summed E-state index contributed by atoms with van der Waals surface area (Å²) in [7, 11) is 4.06. The molecule has 102 valence electrons. The third-order valence-corrected chi connectivity index (χ3v) is 3.49. The van der Waals surface area contributed by atoms with Crippen LogP contribution in [0, 0.1) is 0 Å². The zero-order valence-corrected chi connectivity index (χ0v) is 12.9. The largest absolute Gasteiger partial charge is 0.460 e. The highest BCUT2D eigenvalue weighted by Gasteiger charge is 2.07. The summed E-state index contributed by atoms with van der Waals surface area (Å²) in [6.45, 7) is 2.82. The Morgan fingerprint density at radius 2 is 1.89 bits per heavy atom. The van der Waals surface area contributed by atoms with Crippen molar-refractivity contribution in [3.8, 4) is 11.3 Å². The Labute approximate surface area is 122 Å². The van der Waals surface area contributed by atoms with Crippen molar-refractivity contribution in [1.82, 2.24) is 10.2 Å². The molecule has 19 heavy (non-hydrogen) atoms. The molecule has 1 aromatic heterocycles. The second-order valence-corrected chi connectivity index (χ2v) is 5.53. The third-order valence-electron chi connectivity index (χ3n) is 2.96. The Balaban J connectivity index is 2.00. The third kappa shape index (κ3) is 4.20. The number of furan rings is 1. The van der Waals surface area contributed by atoms with Crippen LogP contribution in [-0.2, 0) is 6.54 Å². The van der Waals surface area contributed by atoms with E-state index in [9.17, 15) is 0 Å². The van der Waals surface area contributed by atoms with Crippen LogP contribution in [0.3, 0.4) is 0 Å². The van der Waals surface area contributed by atoms with Gasteiger partial charge in [0.05, 0.1) is 6.54 Å². The molecule has 2 aromatic rings. The van der Waals surface area contributed by atoms with E-state index in [-0.39, 0.29) is 0 Å². The number of hydrogen-bond donors (Lipinski definition) is 1. The van der Waals surface area contributed by atoms with Crippen molar-refractivity contribution in [1.29, 1.82) is 0 Å². The van der Waals surface area contributed by atoms with Crippen LogP contribution in [0.25, 0.3) is 11.3 Å². The number of hydrogen-bond acceptors (Lipinski definition) is 3. The SMILES string of the molecule is CNCCN(C)Cc1ccc(-c2ccc(Br)cc2)o1. The molecule has 0 bridgehead atoms. The molecule has 2 rings (SSSR count). The maximum atomic E-state index is 5.88. The normalized spacial score (nSPS) is 11.2. The first-order chi connectivity index (χ1) is 9.19. The summed E-state index contributed by atoms with van der Waals surface area (Å²) in [5, 5.41) is 3.14. The average molecular weight is 323 g/mol. The molecule has 0 saturated carbocycles. The van der Waals surface area contributed by atoms with E-state index in [4.69, 9.17) is 4.42 Å². The quantitative estimate of drug-likeness (QED) is 0.884. The van der Waals surface area contributed by atoms with Gasteiger partial charge in [-0.2, -0.15) is 0 Å². The summed E-state index contributed by atoms with van der Waals surface area (Å²) in [5.41, 5.74) is 1.10. The molecule has 0 aliphatic rings. The second-order valence-electron chi connectivity index (χ2n) is 4.61. The zero-order chi connectivity index (χ0) is 13.7. The fraction of sp³-hybridized carbons (Fsp3) is 0.333. The topological polar surface area (TPSA) is 28.4 Å². The van der Waals surface area contributed by atoms with Crippen molar-refractivity contribution in [2.75, 3.05) is 27.2 Å². The van der Waals surface area contributed by atoms with Gasteiger partial charge in [-0.05, 0) is 38.4 Å². The van der Waals surface area contributed by atoms with E-state index in [1.54, 1.807) is 0 Å². The van der Waals surface area contributed by atoms with Crippen LogP contribution in [0.5, 0.6) is 0 Å². The lowest BCUT2D eigenvalue weighted by molar-refractivity contribution is 0.298. The van der Waals surface area contributed by atoms with Gasteiger partial charge in [-0.25, -0.2) is 0 Å². The monoisotopic (exact) mass is 322 g/mol. The Kier molecular flexibility index (Phi) is 5.19. The van der Waals surface area contributed by atoms with Gasteiger partial charge in [-0.3, -0.25) is 4.90 Å². The van der Waals surface area contributed by atoms with E-state index in [0.717, 1.165) is 41.2 Å². The number of likely N-dealkylation sites (N-methyl/N-ethyl adjacent to an activating group) is 2. The highest BCUT2D eigenvalue weighted by atomic mass is 79.9. The van der Waals surface area contributed by atoms with Crippen LogP contribution in [0.15, 0.2) is 45.3 Å². The predicted molar refractivity (Wildman–Crippen MR) is 82.1 cm³/mol. The van der Waals surface area contributed by atoms with Gasteiger partial charge in [0.25, 0.3) is 0 Å². The van der Waals surface area contributed by atoms with Crippen molar-refractivity contribution >= 4 is 15.9 Å². The van der Waals surface area contributed by atoms with Crippen LogP contribution >= 0.6 is 15.9 Å². The molecule has 0 atom stereocenters. The highest BCUT2D eigenvalue weighted by molar-refractivity contribution is 9.10. The van der Waals surface area contributed by atoms with E-state index in [1.165, 1.54) is 0 Å². The molecule has 1 heterocycles. The molecule has 0 spiro atoms. The Morgan fingerprint density at radius 1 is 1.16 bits per heavy atom. The Bertz CT molecular complexity index is 507. The number of nitrogens with one attached hydrogen (secondary N) is 1. The van der Waals surface area contributed by atoms with Crippen molar-refractivity contribution < 1.29 is 4.42 Å². The minimum Gasteiger partial charge on any atom is -0.460 e. The summed E-state index contributed by atoms with van der Waals surface area (Å²) in [6, 6.07) is 12.2. The molecule has 3 nitrogen and oxygen atoms in total. The van der Waals surface area contributed by atoms with Gasteiger partial charge in [0.2, 0.25) is 0 Å². The van der Waals surface area contributed by atoms with Gasteiger partial charge in [0, 0.05) is 23.1 Å². The number of halogens is 1. The van der Waals surface area contributed by atoms with Gasteiger partial charge in [0.1, 0.15) is 11.5 Å². The van der Waals surface area contributed by atoms with Gasteiger partial charge in [0.15, 0.2) is 0 Å². The van der Waals surface area contributed by atoms with Crippen LogP contribution < -0.4 is 5.32 Å². The van der Waals surface area contributed by atoms with Gasteiger partial charge in [-0.15, -0.1) is 0 Å². The lowest BCUT2D eigenvalue weighted by Gasteiger charge is -2.14. The summed E-state index contributed by atoms with van der Waals surface area (Å²) < 4.78 is 6.96. The standard InChI is InChI=1S/C15H19BrN2O/c1-17-9-10-18(2)11-14-7-8-15(19-14)12-3-5-13(16)6-4-12/h3-8,17H,9-11H2,1-2H3. The highest BCUT2D eigenvalue weighted by Crippen LogP contribution is 2.24. The van der Waals surface area contributed by atoms with Crippen molar-refractivity contribution in [3.63, 3.8) is 0 Å². The molecule has 0 amide bonds. The zero-order valence-electron chi connectivity index (χ0n) is 11.3. The number of benzene rings is 1. The Hall–Kier alpha value is -1.10. The second kappa shape index (κ2) is 6.89. The van der Waals surface area contributed by atoms with Gasteiger partial charge in [-0.1, -0.05) is 28.1 Å². The fourth-order valence-electron chi connectivity index (χ4n) is 1.88. The summed E-state index contributed by atoms with van der Waals surface area (Å²) in [4.78, 5) is 2.24. The van der Waals surface area contributed by atoms with Crippen LogP contribution in [-0.4, -0.2) is 32.1 Å². The average Bonchev–Trinajstić information content (AvgIpc) is 2.85. The van der Waals surface area contributed by atoms with Crippen LogP contribution in [0.2, 0.25) is 0 Å². The van der Waals surface area contributed by atoms with Gasteiger partial charge < -0.3 is 9.73 Å². The molecule has 1 aromatic carbocycles. The van der Waals surface area contributed by atoms with Crippen molar-refractivity contribution in [2.45, 2.75) is 6.54 Å². The molecule has 0 fully saturated rings. The lowest BCUT2D eigenvalue weighted by Crippen LogP contribution is -2.26. The smallest absolute Gasteiger partial charge is 0.134 e. The maximum absolute atomic E-state index is 5.88. The van der Waals surface area contributed by atoms with Crippen LogP contribution in [0.4, 0.5) is 0 Å². The first-order valence-electron chi connectivity index (χ1n) is 6.37. The Morgan fingerprint density at radius 3 is 2.58 bits per heavy atom. The molecule has 0 saturated heterocycles. The first kappa shape index (κ1) is 14.3. The van der Waals surface area contributed by atoms with E-state index in [0.29, 0.717) is 0 Å². The molecule has 1 N–H and O–H groups in total. The first-order valence-corrected chi connectivity index (χ1v) is 7.16. The maximum Gasteiger partial charge on any atom is 0.134 e. The number of nitrogens with zero attached hydrogens (tertiary/aromatic N) is 1. The molecule has 4 heteroatoms. The number of rotatable bonds is 6. The fourth-order valence-corrected chi connectivity index (χ4v) is 2.14. The molecule has 0 radical (unpaired) electrons. The lowest BCUT2D eigenvalue weighted by atomic mass is 10.2.